The molecule has 0 aliphatic rings. The minimum Gasteiger partial charge on any atom is -0.179 e. The molecule has 0 amide bonds. The highest BCUT2D eigenvalue weighted by Crippen LogP contribution is 2.56. The molecule has 152 valence electrons. The first-order valence-corrected chi connectivity index (χ1v) is 15.7. The number of hydrogen-bond acceptors (Lipinski definition) is 8. The summed E-state index contributed by atoms with van der Waals surface area (Å²) in [5.41, 5.74) is 0. The van der Waals surface area contributed by atoms with Crippen LogP contribution in [-0.2, 0) is 0 Å². The summed E-state index contributed by atoms with van der Waals surface area (Å²) in [4.78, 5) is 0. The van der Waals surface area contributed by atoms with E-state index in [0.717, 1.165) is 23.0 Å². The van der Waals surface area contributed by atoms with Gasteiger partial charge in [0.15, 0.2) is 2.74 Å². The Bertz CT molecular complexity index is 212. The Balaban J connectivity index is 4.62. The van der Waals surface area contributed by atoms with Crippen molar-refractivity contribution in [1.82, 2.24) is 0 Å². The smallest absolute Gasteiger partial charge is 0.153 e. The van der Waals surface area contributed by atoms with Gasteiger partial charge in [-0.3, -0.25) is 0 Å². The minimum atomic E-state index is 0.264. The monoisotopic (exact) mass is 496 g/mol. The summed E-state index contributed by atoms with van der Waals surface area (Å²) in [5, 5.41) is 0. The topological polar surface area (TPSA) is 0 Å². The van der Waals surface area contributed by atoms with E-state index in [1.54, 1.807) is 0 Å². The lowest BCUT2D eigenvalue weighted by molar-refractivity contribution is 0.903. The first kappa shape index (κ1) is 27.8. The van der Waals surface area contributed by atoms with Crippen LogP contribution in [0.1, 0.15) is 51.4 Å². The van der Waals surface area contributed by atoms with Gasteiger partial charge in [0, 0.05) is 0 Å². The second-order valence-corrected chi connectivity index (χ2v) is 14.2. The second kappa shape index (κ2) is 21.5. The molecule has 0 rings (SSSR count). The fraction of sp³-hybridized carbons (Fsp3) is 1.00. The largest absolute Gasteiger partial charge is 0.179 e. The van der Waals surface area contributed by atoms with Crippen molar-refractivity contribution in [2.24, 2.45) is 0 Å². The van der Waals surface area contributed by atoms with Crippen molar-refractivity contribution in [3.05, 3.63) is 0 Å². The predicted molar refractivity (Wildman–Crippen MR) is 145 cm³/mol. The molecule has 0 aromatic rings. The molecule has 0 N–H and O–H groups in total. The van der Waals surface area contributed by atoms with Crippen molar-refractivity contribution < 1.29 is 0 Å². The van der Waals surface area contributed by atoms with E-state index in [4.69, 9.17) is 0 Å². The Morgan fingerprint density at radius 1 is 0.400 bits per heavy atom. The Hall–Kier alpha value is 2.80. The van der Waals surface area contributed by atoms with Crippen molar-refractivity contribution in [2.45, 2.75) is 54.1 Å². The van der Waals surface area contributed by atoms with Crippen LogP contribution in [0.25, 0.3) is 0 Å². The van der Waals surface area contributed by atoms with Gasteiger partial charge < -0.3 is 0 Å². The number of rotatable bonds is 20. The van der Waals surface area contributed by atoms with Gasteiger partial charge in [0.2, 0.25) is 0 Å². The summed E-state index contributed by atoms with van der Waals surface area (Å²) >= 11 is 26.2. The van der Waals surface area contributed by atoms with Crippen molar-refractivity contribution in [1.29, 1.82) is 0 Å². The molecule has 0 fully saturated rings. The molecule has 0 heterocycles. The van der Waals surface area contributed by atoms with Crippen LogP contribution in [0.5, 0.6) is 0 Å². The summed E-state index contributed by atoms with van der Waals surface area (Å²) in [7, 11) is 0. The van der Waals surface area contributed by atoms with E-state index in [-0.39, 0.29) is 2.74 Å². The fourth-order valence-corrected chi connectivity index (χ4v) is 10.2. The lowest BCUT2D eigenvalue weighted by atomic mass is 10.4. The fourth-order valence-electron chi connectivity index (χ4n) is 1.89. The molecule has 0 unspecified atom stereocenters. The SMILES string of the molecule is SCCCCSC(SCCCCS)(SCCCCS)SCCCCS. The van der Waals surface area contributed by atoms with Gasteiger partial charge >= 0.3 is 0 Å². The zero-order chi connectivity index (χ0) is 18.6. The quantitative estimate of drug-likeness (QED) is 0.0788. The van der Waals surface area contributed by atoms with Crippen LogP contribution < -0.4 is 0 Å². The molecule has 0 aliphatic heterocycles. The van der Waals surface area contributed by atoms with Gasteiger partial charge in [0.1, 0.15) is 0 Å². The Morgan fingerprint density at radius 2 is 0.640 bits per heavy atom. The maximum absolute atomic E-state index is 4.36. The summed E-state index contributed by atoms with van der Waals surface area (Å²) in [6.07, 6.45) is 10.0. The van der Waals surface area contributed by atoms with E-state index in [2.05, 4.69) is 97.6 Å². The van der Waals surface area contributed by atoms with E-state index in [1.165, 1.54) is 74.4 Å². The molecule has 0 saturated carbocycles. The van der Waals surface area contributed by atoms with Crippen LogP contribution >= 0.6 is 97.6 Å². The molecule has 0 saturated heterocycles. The second-order valence-electron chi connectivity index (χ2n) is 5.62. The predicted octanol–water partition coefficient (Wildman–Crippen LogP) is 7.37. The van der Waals surface area contributed by atoms with Gasteiger partial charge in [-0.25, -0.2) is 0 Å². The third kappa shape index (κ3) is 17.4. The molecule has 0 aromatic heterocycles. The van der Waals surface area contributed by atoms with E-state index in [0.29, 0.717) is 0 Å². The molecule has 0 bridgehead atoms. The minimum absolute atomic E-state index is 0.264. The third-order valence-electron chi connectivity index (χ3n) is 3.33. The zero-order valence-corrected chi connectivity index (χ0v) is 22.1. The highest BCUT2D eigenvalue weighted by molar-refractivity contribution is 8.47. The maximum Gasteiger partial charge on any atom is 0.153 e. The van der Waals surface area contributed by atoms with Crippen molar-refractivity contribution in [3.8, 4) is 0 Å². The van der Waals surface area contributed by atoms with Crippen molar-refractivity contribution >= 4 is 97.6 Å². The van der Waals surface area contributed by atoms with Gasteiger partial charge in [-0.1, -0.05) is 0 Å². The van der Waals surface area contributed by atoms with E-state index >= 15 is 0 Å². The lowest BCUT2D eigenvalue weighted by Crippen LogP contribution is -2.15. The highest BCUT2D eigenvalue weighted by atomic mass is 32.3. The van der Waals surface area contributed by atoms with Crippen LogP contribution in [-0.4, -0.2) is 48.8 Å². The van der Waals surface area contributed by atoms with Crippen LogP contribution in [0.2, 0.25) is 0 Å². The molecule has 0 spiro atoms. The van der Waals surface area contributed by atoms with Gasteiger partial charge in [0.05, 0.1) is 0 Å². The average Bonchev–Trinajstić information content (AvgIpc) is 2.63. The zero-order valence-electron chi connectivity index (χ0n) is 15.2. The maximum atomic E-state index is 4.36. The Labute approximate surface area is 196 Å². The van der Waals surface area contributed by atoms with Crippen molar-refractivity contribution in [3.63, 3.8) is 0 Å². The number of thiol groups is 4. The van der Waals surface area contributed by atoms with Gasteiger partial charge in [-0.05, 0) is 97.4 Å². The van der Waals surface area contributed by atoms with Gasteiger partial charge in [-0.2, -0.15) is 50.5 Å². The molecule has 0 aliphatic carbocycles. The highest BCUT2D eigenvalue weighted by Gasteiger charge is 2.31. The van der Waals surface area contributed by atoms with E-state index in [1.807, 2.05) is 0 Å². The molecule has 0 atom stereocenters. The normalized spacial score (nSPS) is 12.0. The van der Waals surface area contributed by atoms with E-state index < -0.39 is 0 Å². The summed E-state index contributed by atoms with van der Waals surface area (Å²) < 4.78 is 0.264. The molecule has 0 nitrogen and oxygen atoms in total. The lowest BCUT2D eigenvalue weighted by Gasteiger charge is -2.32. The molecule has 0 aromatic carbocycles. The molecular formula is C17H36S8. The first-order valence-electron chi connectivity index (χ1n) is 9.24. The summed E-state index contributed by atoms with van der Waals surface area (Å²) in [6, 6.07) is 0. The first-order chi connectivity index (χ1) is 12.2. The van der Waals surface area contributed by atoms with Crippen LogP contribution in [0, 0.1) is 0 Å². The molecule has 8 heteroatoms. The molecule has 25 heavy (non-hydrogen) atoms. The van der Waals surface area contributed by atoms with E-state index in [9.17, 15) is 0 Å². The summed E-state index contributed by atoms with van der Waals surface area (Å²) in [5.74, 6) is 9.02. The average molecular weight is 497 g/mol. The van der Waals surface area contributed by atoms with Gasteiger partial charge in [0.25, 0.3) is 0 Å². The number of hydrogen-bond donors (Lipinski definition) is 4. The Morgan fingerprint density at radius 3 is 0.840 bits per heavy atom. The van der Waals surface area contributed by atoms with Crippen LogP contribution in [0.3, 0.4) is 0 Å². The Kier molecular flexibility index (Phi) is 23.9. The molecule has 0 radical (unpaired) electrons. The van der Waals surface area contributed by atoms with Crippen LogP contribution in [0.15, 0.2) is 0 Å². The standard InChI is InChI=1S/C17H36S8/c18-9-1-5-13-22-17(23-14-6-2-10-19,24-15-7-3-11-20)25-16-8-4-12-21/h18-21H,1-16H2. The van der Waals surface area contributed by atoms with Gasteiger partial charge in [-0.15, -0.1) is 47.0 Å². The molecular weight excluding hydrogens is 461 g/mol. The number of thioether (sulfide) groups is 4. The van der Waals surface area contributed by atoms with Crippen molar-refractivity contribution in [2.75, 3.05) is 46.0 Å². The number of unbranched alkanes of at least 4 members (excludes halogenated alkanes) is 4. The van der Waals surface area contributed by atoms with Crippen LogP contribution in [0.4, 0.5) is 0 Å². The third-order valence-corrected chi connectivity index (χ3v) is 12.2. The summed E-state index contributed by atoms with van der Waals surface area (Å²) in [6.45, 7) is 0.